The van der Waals surface area contributed by atoms with Crippen LogP contribution in [0.4, 0.5) is 0 Å². The predicted molar refractivity (Wildman–Crippen MR) is 51.1 cm³/mol. The Balaban J connectivity index is 0.000000461. The van der Waals surface area contributed by atoms with Gasteiger partial charge in [-0.15, -0.1) is 0 Å². The summed E-state index contributed by atoms with van der Waals surface area (Å²) in [6.07, 6.45) is 0. The molecule has 0 saturated carbocycles. The van der Waals surface area contributed by atoms with E-state index in [-0.39, 0.29) is 0 Å². The van der Waals surface area contributed by atoms with Gasteiger partial charge in [0.25, 0.3) is 0 Å². The Bertz CT molecular complexity index is 216. The quantitative estimate of drug-likeness (QED) is 0.487. The van der Waals surface area contributed by atoms with E-state index in [1.165, 1.54) is 16.7 Å². The van der Waals surface area contributed by atoms with E-state index < -0.39 is 0 Å². The van der Waals surface area contributed by atoms with Gasteiger partial charge in [0.05, 0.1) is 0 Å². The summed E-state index contributed by atoms with van der Waals surface area (Å²) in [6.45, 7) is 6.25. The first-order valence-electron chi connectivity index (χ1n) is 4.16. The summed E-state index contributed by atoms with van der Waals surface area (Å²) in [5, 5.41) is 0. The van der Waals surface area contributed by atoms with Crippen molar-refractivity contribution in [1.29, 1.82) is 0 Å². The maximum absolute atomic E-state index is 3.24. The number of aryl methyl sites for hydroxylation is 3. The Morgan fingerprint density at radius 3 is 2.00 bits per heavy atom. The van der Waals surface area contributed by atoms with Crippen LogP contribution in [0.5, 0.6) is 0 Å². The van der Waals surface area contributed by atoms with E-state index in [2.05, 4.69) is 39.0 Å². The molecule has 0 aromatic heterocycles. The molecule has 55 valence electrons. The second kappa shape index (κ2) is 5.47. The molecule has 0 aliphatic heterocycles. The van der Waals surface area contributed by atoms with Gasteiger partial charge < -0.3 is 0 Å². The molecule has 1 aromatic rings. The van der Waals surface area contributed by atoms with Gasteiger partial charge in [0.1, 0.15) is 0 Å². The molecule has 0 nitrogen and oxygen atoms in total. The monoisotopic (exact) mass is 141 g/mol. The summed E-state index contributed by atoms with van der Waals surface area (Å²) in [4.78, 5) is 0. The molecule has 0 heterocycles. The van der Waals surface area contributed by atoms with E-state index in [4.69, 9.17) is 0 Å². The van der Waals surface area contributed by atoms with Crippen molar-refractivity contribution in [3.05, 3.63) is 34.9 Å². The number of rotatable bonds is 0. The van der Waals surface area contributed by atoms with Crippen LogP contribution < -0.4 is 0 Å². The van der Waals surface area contributed by atoms with Crippen LogP contribution in [0.1, 0.15) is 16.7 Å². The van der Waals surface area contributed by atoms with Crippen molar-refractivity contribution < 1.29 is 0 Å². The van der Waals surface area contributed by atoms with Crippen molar-refractivity contribution in [3.8, 4) is 0 Å². The minimum absolute atomic E-state index is 1.22. The van der Waals surface area contributed by atoms with Crippen molar-refractivity contribution in [3.63, 3.8) is 0 Å². The Labute approximate surface area is 79.2 Å². The minimum atomic E-state index is 1.22. The van der Waals surface area contributed by atoms with Gasteiger partial charge in [0.15, 0.2) is 0 Å². The predicted octanol–water partition coefficient (Wildman–Crippen LogP) is 2.62. The van der Waals surface area contributed by atoms with E-state index in [1.807, 2.05) is 23.3 Å². The SMILES string of the molecule is Cc1[c]c(C)c(C)cc1.[Li][CH3]. The van der Waals surface area contributed by atoms with Gasteiger partial charge in [-0.25, -0.2) is 0 Å². The van der Waals surface area contributed by atoms with Crippen LogP contribution in [0, 0.1) is 26.8 Å². The van der Waals surface area contributed by atoms with Gasteiger partial charge in [-0.2, -0.15) is 0 Å². The normalized spacial score (nSPS) is 8.55. The molecular formula is C10H14Li. The Morgan fingerprint density at radius 1 is 1.09 bits per heavy atom. The molecule has 11 heavy (non-hydrogen) atoms. The first kappa shape index (κ1) is 10.8. The molecular weight excluding hydrogens is 127 g/mol. The summed E-state index contributed by atoms with van der Waals surface area (Å²) in [5.74, 6) is 0. The Hall–Kier alpha value is -0.183. The van der Waals surface area contributed by atoms with Crippen LogP contribution in [-0.2, 0) is 0 Å². The van der Waals surface area contributed by atoms with Crippen LogP contribution >= 0.6 is 0 Å². The van der Waals surface area contributed by atoms with Crippen molar-refractivity contribution in [2.45, 2.75) is 26.4 Å². The first-order chi connectivity index (χ1) is 5.20. The molecule has 0 amide bonds. The van der Waals surface area contributed by atoms with Crippen LogP contribution in [0.15, 0.2) is 12.1 Å². The zero-order chi connectivity index (χ0) is 8.85. The summed E-state index contributed by atoms with van der Waals surface area (Å²) in [6, 6.07) is 7.45. The standard InChI is InChI=1S/C9H11.CH3.Li/c1-7-4-5-8(2)9(3)6-7;;/h4-5H,1-3H3;1H3;. The fraction of sp³-hybridized carbons (Fsp3) is 0.400. The molecule has 0 bridgehead atoms. The summed E-state index contributed by atoms with van der Waals surface area (Å²) in [5.41, 5.74) is 5.80. The van der Waals surface area contributed by atoms with Gasteiger partial charge in [-0.1, -0.05) is 12.1 Å². The topological polar surface area (TPSA) is 0 Å². The van der Waals surface area contributed by atoms with E-state index in [0.29, 0.717) is 0 Å². The maximum atomic E-state index is 3.24. The summed E-state index contributed by atoms with van der Waals surface area (Å²) < 4.78 is 0. The molecule has 1 aromatic carbocycles. The first-order valence-corrected chi connectivity index (χ1v) is 4.16. The zero-order valence-electron chi connectivity index (χ0n) is 8.15. The molecule has 0 N–H and O–H groups in total. The second-order valence-corrected chi connectivity index (χ2v) is 2.45. The third-order valence-electron chi connectivity index (χ3n) is 1.56. The van der Waals surface area contributed by atoms with Crippen LogP contribution in [0.2, 0.25) is 5.60 Å². The molecule has 0 aliphatic rings. The van der Waals surface area contributed by atoms with E-state index in [9.17, 15) is 0 Å². The fourth-order valence-corrected chi connectivity index (χ4v) is 0.811. The average molecular weight is 141 g/mol. The van der Waals surface area contributed by atoms with Gasteiger partial charge in [0.2, 0.25) is 0 Å². The molecule has 0 atom stereocenters. The van der Waals surface area contributed by atoms with Gasteiger partial charge >= 0.3 is 23.3 Å². The molecule has 1 rings (SSSR count). The zero-order valence-corrected chi connectivity index (χ0v) is 8.15. The summed E-state index contributed by atoms with van der Waals surface area (Å²) >= 11 is 2.00. The molecule has 1 heteroatoms. The van der Waals surface area contributed by atoms with E-state index in [0.717, 1.165) is 0 Å². The van der Waals surface area contributed by atoms with Crippen LogP contribution in [-0.4, -0.2) is 17.7 Å². The van der Waals surface area contributed by atoms with E-state index in [1.54, 1.807) is 0 Å². The summed E-state index contributed by atoms with van der Waals surface area (Å²) in [7, 11) is 0. The van der Waals surface area contributed by atoms with Crippen LogP contribution in [0.25, 0.3) is 0 Å². The Morgan fingerprint density at radius 2 is 1.64 bits per heavy atom. The molecule has 0 saturated heterocycles. The number of hydrogen-bond donors (Lipinski definition) is 0. The molecule has 0 unspecified atom stereocenters. The third-order valence-corrected chi connectivity index (χ3v) is 1.56. The fourth-order valence-electron chi connectivity index (χ4n) is 0.811. The van der Waals surface area contributed by atoms with Crippen molar-refractivity contribution in [2.24, 2.45) is 0 Å². The number of hydrogen-bond acceptors (Lipinski definition) is 0. The van der Waals surface area contributed by atoms with Gasteiger partial charge in [-0.05, 0) is 43.5 Å². The second-order valence-electron chi connectivity index (χ2n) is 2.45. The molecule has 0 fully saturated rings. The van der Waals surface area contributed by atoms with E-state index >= 15 is 0 Å². The molecule has 0 aliphatic carbocycles. The van der Waals surface area contributed by atoms with Crippen molar-refractivity contribution >= 4 is 17.7 Å². The number of benzene rings is 1. The molecule has 0 spiro atoms. The Kier molecular flexibility index (Phi) is 5.37. The third kappa shape index (κ3) is 3.65. The van der Waals surface area contributed by atoms with Gasteiger partial charge in [-0.3, -0.25) is 0 Å². The average Bonchev–Trinajstić information content (AvgIpc) is 2.02. The van der Waals surface area contributed by atoms with Crippen molar-refractivity contribution in [1.82, 2.24) is 0 Å². The van der Waals surface area contributed by atoms with Crippen LogP contribution in [0.3, 0.4) is 0 Å². The van der Waals surface area contributed by atoms with Crippen molar-refractivity contribution in [2.75, 3.05) is 0 Å². The van der Waals surface area contributed by atoms with Gasteiger partial charge in [0, 0.05) is 0 Å². The molecule has 1 radical (unpaired) electrons.